The van der Waals surface area contributed by atoms with Crippen molar-refractivity contribution in [3.05, 3.63) is 29.8 Å². The van der Waals surface area contributed by atoms with Gasteiger partial charge in [0.15, 0.2) is 0 Å². The van der Waals surface area contributed by atoms with Gasteiger partial charge in [-0.3, -0.25) is 4.90 Å². The Bertz CT molecular complexity index is 502. The van der Waals surface area contributed by atoms with E-state index in [9.17, 15) is 9.59 Å². The molecule has 0 saturated heterocycles. The van der Waals surface area contributed by atoms with Crippen LogP contribution in [0, 0.1) is 0 Å². The van der Waals surface area contributed by atoms with Gasteiger partial charge in [-0.05, 0) is 18.9 Å². The fraction of sp³-hybridized carbons (Fsp3) is 0.333. The number of para-hydroxylation sites is 1. The average Bonchev–Trinajstić information content (AvgIpc) is 3.09. The van der Waals surface area contributed by atoms with Gasteiger partial charge in [-0.1, -0.05) is 18.2 Å². The van der Waals surface area contributed by atoms with Crippen LogP contribution in [0.4, 0.5) is 10.5 Å². The summed E-state index contributed by atoms with van der Waals surface area (Å²) in [4.78, 5) is 26.9. The van der Waals surface area contributed by atoms with E-state index in [2.05, 4.69) is 4.99 Å². The molecule has 0 aromatic heterocycles. The number of hydrogen-bond donors (Lipinski definition) is 1. The Balaban J connectivity index is 2.48. The van der Waals surface area contributed by atoms with Gasteiger partial charge in [0.05, 0.1) is 5.69 Å². The number of hydrogen-bond acceptors (Lipinski definition) is 3. The summed E-state index contributed by atoms with van der Waals surface area (Å²) in [6, 6.07) is 6.79. The molecule has 0 radical (unpaired) electrons. The first-order chi connectivity index (χ1) is 8.10. The van der Waals surface area contributed by atoms with Crippen LogP contribution in [-0.2, 0) is 10.3 Å². The quantitative estimate of drug-likeness (QED) is 0.632. The van der Waals surface area contributed by atoms with E-state index in [1.54, 1.807) is 19.2 Å². The Kier molecular flexibility index (Phi) is 2.69. The highest BCUT2D eigenvalue weighted by atomic mass is 16.2. The van der Waals surface area contributed by atoms with Gasteiger partial charge in [0.1, 0.15) is 5.54 Å². The van der Waals surface area contributed by atoms with Crippen LogP contribution in [0.1, 0.15) is 18.4 Å². The summed E-state index contributed by atoms with van der Waals surface area (Å²) in [6.07, 6.45) is 3.20. The number of amides is 2. The summed E-state index contributed by atoms with van der Waals surface area (Å²) >= 11 is 0. The van der Waals surface area contributed by atoms with Crippen molar-refractivity contribution in [2.24, 2.45) is 10.7 Å². The Morgan fingerprint density at radius 3 is 2.65 bits per heavy atom. The molecule has 0 unspecified atom stereocenters. The van der Waals surface area contributed by atoms with E-state index >= 15 is 0 Å². The first-order valence-electron chi connectivity index (χ1n) is 5.32. The smallest absolute Gasteiger partial charge is 0.319 e. The van der Waals surface area contributed by atoms with Crippen LogP contribution in [0.5, 0.6) is 0 Å². The zero-order valence-corrected chi connectivity index (χ0v) is 9.51. The van der Waals surface area contributed by atoms with Gasteiger partial charge in [-0.25, -0.2) is 9.59 Å². The Labute approximate surface area is 98.9 Å². The standard InChI is InChI=1S/C12H13N3O2/c1-15(11(13)17)10-5-3-2-4-9(10)12(6-7-12)14-8-16/h2-5H,6-7H2,1H3,(H2,13,17). The molecule has 1 aliphatic rings. The number of aliphatic imine (C=N–C) groups is 1. The zero-order valence-electron chi connectivity index (χ0n) is 9.51. The topological polar surface area (TPSA) is 75.8 Å². The molecule has 5 nitrogen and oxygen atoms in total. The second-order valence-corrected chi connectivity index (χ2v) is 4.15. The fourth-order valence-corrected chi connectivity index (χ4v) is 1.93. The van der Waals surface area contributed by atoms with Gasteiger partial charge in [0.25, 0.3) is 0 Å². The van der Waals surface area contributed by atoms with E-state index in [4.69, 9.17) is 5.73 Å². The Hall–Kier alpha value is -2.13. The van der Waals surface area contributed by atoms with Crippen LogP contribution in [0.15, 0.2) is 29.3 Å². The highest BCUT2D eigenvalue weighted by Crippen LogP contribution is 2.52. The number of urea groups is 1. The Morgan fingerprint density at radius 1 is 1.47 bits per heavy atom. The lowest BCUT2D eigenvalue weighted by Gasteiger charge is -2.21. The summed E-state index contributed by atoms with van der Waals surface area (Å²) in [5.74, 6) is 0. The van der Waals surface area contributed by atoms with E-state index in [1.807, 2.05) is 18.2 Å². The SMILES string of the molecule is CN(C(N)=O)c1ccccc1C1(N=C=O)CC1. The van der Waals surface area contributed by atoms with Crippen molar-refractivity contribution in [3.63, 3.8) is 0 Å². The Morgan fingerprint density at radius 2 is 2.12 bits per heavy atom. The van der Waals surface area contributed by atoms with Gasteiger partial charge in [-0.2, -0.15) is 4.99 Å². The second-order valence-electron chi connectivity index (χ2n) is 4.15. The largest absolute Gasteiger partial charge is 0.351 e. The molecule has 0 spiro atoms. The number of anilines is 1. The molecule has 88 valence electrons. The number of carbonyl (C=O) groups is 1. The maximum Gasteiger partial charge on any atom is 0.319 e. The van der Waals surface area contributed by atoms with E-state index in [0.29, 0.717) is 5.69 Å². The summed E-state index contributed by atoms with van der Waals surface area (Å²) in [5, 5.41) is 0. The molecule has 1 fully saturated rings. The third-order valence-corrected chi connectivity index (χ3v) is 3.08. The van der Waals surface area contributed by atoms with Gasteiger partial charge in [0, 0.05) is 12.6 Å². The maximum atomic E-state index is 11.2. The van der Waals surface area contributed by atoms with Gasteiger partial charge in [-0.15, -0.1) is 0 Å². The molecule has 1 saturated carbocycles. The van der Waals surface area contributed by atoms with Crippen molar-refractivity contribution < 1.29 is 9.59 Å². The average molecular weight is 231 g/mol. The monoisotopic (exact) mass is 231 g/mol. The second kappa shape index (κ2) is 4.03. The van der Waals surface area contributed by atoms with Crippen LogP contribution in [-0.4, -0.2) is 19.2 Å². The minimum absolute atomic E-state index is 0.498. The molecule has 17 heavy (non-hydrogen) atoms. The lowest BCUT2D eigenvalue weighted by atomic mass is 10.0. The van der Waals surface area contributed by atoms with Crippen molar-refractivity contribution >= 4 is 17.8 Å². The van der Waals surface area contributed by atoms with Gasteiger partial charge >= 0.3 is 6.03 Å². The number of nitrogens with zero attached hydrogens (tertiary/aromatic N) is 2. The molecule has 2 rings (SSSR count). The first kappa shape index (κ1) is 11.4. The normalized spacial score (nSPS) is 15.8. The molecule has 0 bridgehead atoms. The predicted molar refractivity (Wildman–Crippen MR) is 63.5 cm³/mol. The number of rotatable bonds is 3. The highest BCUT2D eigenvalue weighted by Gasteiger charge is 2.46. The number of benzene rings is 1. The van der Waals surface area contributed by atoms with Gasteiger partial charge < -0.3 is 5.73 Å². The van der Waals surface area contributed by atoms with E-state index < -0.39 is 11.6 Å². The number of isocyanates is 1. The van der Waals surface area contributed by atoms with Crippen LogP contribution < -0.4 is 10.6 Å². The van der Waals surface area contributed by atoms with E-state index in [1.165, 1.54) is 4.90 Å². The van der Waals surface area contributed by atoms with E-state index in [0.717, 1.165) is 18.4 Å². The molecule has 5 heteroatoms. The number of nitrogens with two attached hydrogens (primary N) is 1. The molecule has 0 aliphatic heterocycles. The molecule has 0 atom stereocenters. The molecular formula is C12H13N3O2. The van der Waals surface area contributed by atoms with Gasteiger partial charge in [0.2, 0.25) is 6.08 Å². The number of primary amides is 1. The molecule has 1 aliphatic carbocycles. The third-order valence-electron chi connectivity index (χ3n) is 3.08. The zero-order chi connectivity index (χ0) is 12.5. The van der Waals surface area contributed by atoms with Crippen molar-refractivity contribution in [3.8, 4) is 0 Å². The minimum Gasteiger partial charge on any atom is -0.351 e. The summed E-state index contributed by atoms with van der Waals surface area (Å²) in [5.41, 5.74) is 6.30. The molecule has 0 heterocycles. The summed E-state index contributed by atoms with van der Waals surface area (Å²) < 4.78 is 0. The predicted octanol–water partition coefficient (Wildman–Crippen LogP) is 1.53. The van der Waals surface area contributed by atoms with Crippen molar-refractivity contribution in [2.75, 3.05) is 11.9 Å². The highest BCUT2D eigenvalue weighted by molar-refractivity contribution is 5.91. The van der Waals surface area contributed by atoms with Crippen LogP contribution in [0.2, 0.25) is 0 Å². The van der Waals surface area contributed by atoms with Crippen molar-refractivity contribution in [2.45, 2.75) is 18.4 Å². The van der Waals surface area contributed by atoms with Crippen LogP contribution in [0.3, 0.4) is 0 Å². The molecular weight excluding hydrogens is 218 g/mol. The molecule has 2 N–H and O–H groups in total. The van der Waals surface area contributed by atoms with Crippen LogP contribution in [0.25, 0.3) is 0 Å². The van der Waals surface area contributed by atoms with Crippen molar-refractivity contribution in [1.82, 2.24) is 0 Å². The molecule has 1 aromatic rings. The van der Waals surface area contributed by atoms with Crippen LogP contribution >= 0.6 is 0 Å². The lowest BCUT2D eigenvalue weighted by molar-refractivity contribution is 0.255. The maximum absolute atomic E-state index is 11.2. The minimum atomic E-state index is -0.539. The fourth-order valence-electron chi connectivity index (χ4n) is 1.93. The van der Waals surface area contributed by atoms with Crippen molar-refractivity contribution in [1.29, 1.82) is 0 Å². The third kappa shape index (κ3) is 1.92. The summed E-state index contributed by atoms with van der Waals surface area (Å²) in [7, 11) is 1.60. The molecule has 2 amide bonds. The molecule has 1 aromatic carbocycles. The summed E-state index contributed by atoms with van der Waals surface area (Å²) in [6.45, 7) is 0. The van der Waals surface area contributed by atoms with E-state index in [-0.39, 0.29) is 0 Å². The first-order valence-corrected chi connectivity index (χ1v) is 5.32. The number of carbonyl (C=O) groups excluding carboxylic acids is 2. The lowest BCUT2D eigenvalue weighted by Crippen LogP contribution is -2.33.